The molecule has 0 aliphatic carbocycles. The molecule has 7 nitrogen and oxygen atoms in total. The second-order valence-electron chi connectivity index (χ2n) is 6.95. The molecule has 0 aliphatic heterocycles. The zero-order chi connectivity index (χ0) is 22.4. The van der Waals surface area contributed by atoms with Crippen molar-refractivity contribution in [2.75, 3.05) is 7.11 Å². The van der Waals surface area contributed by atoms with E-state index >= 15 is 0 Å². The van der Waals surface area contributed by atoms with Crippen LogP contribution in [0.2, 0.25) is 0 Å². The van der Waals surface area contributed by atoms with E-state index in [0.717, 1.165) is 27.4 Å². The van der Waals surface area contributed by atoms with Gasteiger partial charge in [-0.25, -0.2) is 13.8 Å². The maximum atomic E-state index is 14.0. The summed E-state index contributed by atoms with van der Waals surface area (Å²) in [4.78, 5) is 33.6. The Kier molecular flexibility index (Phi) is 4.57. The van der Waals surface area contributed by atoms with Crippen molar-refractivity contribution in [1.29, 1.82) is 5.26 Å². The van der Waals surface area contributed by atoms with E-state index < -0.39 is 17.1 Å². The van der Waals surface area contributed by atoms with Gasteiger partial charge in [0.1, 0.15) is 4.70 Å². The molecule has 3 heterocycles. The van der Waals surface area contributed by atoms with Crippen molar-refractivity contribution in [2.45, 2.75) is 0 Å². The van der Waals surface area contributed by atoms with Crippen molar-refractivity contribution >= 4 is 32.3 Å². The number of methoxy groups -OCH3 is 1. The Labute approximate surface area is 183 Å². The van der Waals surface area contributed by atoms with Gasteiger partial charge in [-0.05, 0) is 18.2 Å². The molecule has 0 bridgehead atoms. The molecule has 0 fully saturated rings. The number of nitrogens with zero attached hydrogens (tertiary/aromatic N) is 3. The van der Waals surface area contributed by atoms with Gasteiger partial charge < -0.3 is 9.72 Å². The lowest BCUT2D eigenvalue weighted by atomic mass is 10.1. The Balaban J connectivity index is 1.78. The highest BCUT2D eigenvalue weighted by Gasteiger charge is 2.18. The first-order chi connectivity index (χ1) is 15.5. The number of pyridine rings is 1. The van der Waals surface area contributed by atoms with Gasteiger partial charge in [-0.2, -0.15) is 5.26 Å². The first-order valence-corrected chi connectivity index (χ1v) is 10.2. The minimum absolute atomic E-state index is 0.0239. The summed E-state index contributed by atoms with van der Waals surface area (Å²) in [5.41, 5.74) is 0.0817. The van der Waals surface area contributed by atoms with E-state index in [4.69, 9.17) is 4.74 Å². The molecule has 32 heavy (non-hydrogen) atoms. The van der Waals surface area contributed by atoms with E-state index in [1.165, 1.54) is 19.4 Å². The number of rotatable bonds is 3. The highest BCUT2D eigenvalue weighted by Crippen LogP contribution is 2.36. The molecule has 0 amide bonds. The van der Waals surface area contributed by atoms with Crippen molar-refractivity contribution in [3.8, 4) is 27.9 Å². The van der Waals surface area contributed by atoms with Crippen molar-refractivity contribution in [2.24, 2.45) is 0 Å². The summed E-state index contributed by atoms with van der Waals surface area (Å²) in [6.45, 7) is 0. The number of nitriles is 1. The molecule has 0 saturated carbocycles. The molecule has 0 saturated heterocycles. The maximum Gasteiger partial charge on any atom is 0.333 e. The number of hydrogen-bond acceptors (Lipinski definition) is 6. The molecule has 0 spiro atoms. The van der Waals surface area contributed by atoms with E-state index in [1.807, 2.05) is 30.3 Å². The van der Waals surface area contributed by atoms with Crippen LogP contribution in [-0.2, 0) is 0 Å². The van der Waals surface area contributed by atoms with Crippen LogP contribution in [-0.4, -0.2) is 21.6 Å². The zero-order valence-electron chi connectivity index (χ0n) is 16.5. The van der Waals surface area contributed by atoms with Crippen LogP contribution < -0.4 is 16.0 Å². The lowest BCUT2D eigenvalue weighted by Crippen LogP contribution is -2.33. The summed E-state index contributed by atoms with van der Waals surface area (Å²) in [6.07, 6.45) is 3.13. The third-order valence-electron chi connectivity index (χ3n) is 5.14. The Bertz CT molecular complexity index is 1690. The molecule has 5 rings (SSSR count). The van der Waals surface area contributed by atoms with E-state index in [2.05, 4.69) is 9.97 Å². The van der Waals surface area contributed by atoms with Crippen LogP contribution in [0, 0.1) is 17.1 Å². The van der Waals surface area contributed by atoms with Crippen molar-refractivity contribution < 1.29 is 9.13 Å². The Morgan fingerprint density at radius 1 is 1.19 bits per heavy atom. The fraction of sp³-hybridized carbons (Fsp3) is 0.0435. The molecule has 5 aromatic rings. The third-order valence-corrected chi connectivity index (χ3v) is 6.30. The van der Waals surface area contributed by atoms with E-state index in [-0.39, 0.29) is 11.3 Å². The molecule has 1 N–H and O–H groups in total. The van der Waals surface area contributed by atoms with Crippen LogP contribution in [0.15, 0.2) is 64.4 Å². The van der Waals surface area contributed by atoms with Crippen LogP contribution in [0.4, 0.5) is 4.39 Å². The number of hydrogen-bond donors (Lipinski definition) is 1. The van der Waals surface area contributed by atoms with Crippen LogP contribution in [0.1, 0.15) is 5.56 Å². The number of thiophene rings is 1. The number of H-pyrrole nitrogens is 1. The summed E-state index contributed by atoms with van der Waals surface area (Å²) < 4.78 is 20.4. The zero-order valence-corrected chi connectivity index (χ0v) is 17.4. The average molecular weight is 444 g/mol. The first kappa shape index (κ1) is 19.7. The minimum Gasteiger partial charge on any atom is -0.494 e. The molecule has 0 aliphatic rings. The summed E-state index contributed by atoms with van der Waals surface area (Å²) in [5.74, 6) is -0.683. The first-order valence-electron chi connectivity index (χ1n) is 9.42. The van der Waals surface area contributed by atoms with Gasteiger partial charge in [0.2, 0.25) is 0 Å². The van der Waals surface area contributed by atoms with Gasteiger partial charge in [-0.3, -0.25) is 9.78 Å². The van der Waals surface area contributed by atoms with Crippen LogP contribution in [0.25, 0.3) is 37.1 Å². The summed E-state index contributed by atoms with van der Waals surface area (Å²) in [7, 11) is 1.33. The van der Waals surface area contributed by atoms with Gasteiger partial charge in [0.25, 0.3) is 5.56 Å². The van der Waals surface area contributed by atoms with Gasteiger partial charge in [0.15, 0.2) is 11.6 Å². The maximum absolute atomic E-state index is 14.0. The van der Waals surface area contributed by atoms with Crippen molar-refractivity contribution in [1.82, 2.24) is 14.5 Å². The van der Waals surface area contributed by atoms with Gasteiger partial charge in [-0.1, -0.05) is 24.3 Å². The molecule has 0 unspecified atom stereocenters. The largest absolute Gasteiger partial charge is 0.494 e. The van der Waals surface area contributed by atoms with Gasteiger partial charge >= 0.3 is 5.69 Å². The molecule has 2 aromatic carbocycles. The van der Waals surface area contributed by atoms with Crippen LogP contribution >= 0.6 is 11.3 Å². The van der Waals surface area contributed by atoms with E-state index in [0.29, 0.717) is 31.7 Å². The standard InChI is InChI=1S/C23H13FN4O3S/c1-31-19-7-15(13(9-25)6-16(19)24)20-8-17-21(32-20)22(29)28(23(30)27-17)18-11-26-10-12-4-2-3-5-14(12)18/h2-8,10-11H,1H3,(H,27,30). The molecule has 9 heteroatoms. The quantitative estimate of drug-likeness (QED) is 0.454. The number of aromatic nitrogens is 3. The lowest BCUT2D eigenvalue weighted by molar-refractivity contribution is 0.386. The van der Waals surface area contributed by atoms with Crippen molar-refractivity contribution in [3.05, 3.63) is 87.1 Å². The van der Waals surface area contributed by atoms with Crippen LogP contribution in [0.5, 0.6) is 5.75 Å². The summed E-state index contributed by atoms with van der Waals surface area (Å²) in [6, 6.07) is 13.4. The highest BCUT2D eigenvalue weighted by molar-refractivity contribution is 7.22. The van der Waals surface area contributed by atoms with Gasteiger partial charge in [0, 0.05) is 27.4 Å². The van der Waals surface area contributed by atoms with E-state index in [9.17, 15) is 19.2 Å². The second kappa shape index (κ2) is 7.44. The predicted octanol–water partition coefficient (Wildman–Crippen LogP) is 3.98. The monoisotopic (exact) mass is 444 g/mol. The molecule has 0 radical (unpaired) electrons. The Hall–Kier alpha value is -4.29. The predicted molar refractivity (Wildman–Crippen MR) is 120 cm³/mol. The topological polar surface area (TPSA) is 101 Å². The fourth-order valence-electron chi connectivity index (χ4n) is 3.64. The lowest BCUT2D eigenvalue weighted by Gasteiger charge is -2.07. The van der Waals surface area contributed by atoms with Crippen molar-refractivity contribution in [3.63, 3.8) is 0 Å². The number of ether oxygens (including phenoxy) is 1. The number of benzene rings is 2. The van der Waals surface area contributed by atoms with Crippen LogP contribution in [0.3, 0.4) is 0 Å². The smallest absolute Gasteiger partial charge is 0.333 e. The normalized spacial score (nSPS) is 11.0. The van der Waals surface area contributed by atoms with E-state index in [1.54, 1.807) is 12.3 Å². The molecule has 3 aromatic heterocycles. The fourth-order valence-corrected chi connectivity index (χ4v) is 4.72. The Morgan fingerprint density at radius 2 is 2.00 bits per heavy atom. The second-order valence-corrected chi connectivity index (χ2v) is 8.00. The summed E-state index contributed by atoms with van der Waals surface area (Å²) in [5, 5.41) is 11.0. The molecule has 0 atom stereocenters. The molecule has 156 valence electrons. The number of halogens is 1. The third kappa shape index (κ3) is 2.97. The SMILES string of the molecule is COc1cc(-c2cc3[nH]c(=O)n(-c4cncc5ccccc45)c(=O)c3s2)c(C#N)cc1F. The number of aromatic amines is 1. The Morgan fingerprint density at radius 3 is 2.78 bits per heavy atom. The molecular formula is C23H13FN4O3S. The minimum atomic E-state index is -0.659. The molecular weight excluding hydrogens is 431 g/mol. The average Bonchev–Trinajstić information content (AvgIpc) is 3.23. The highest BCUT2D eigenvalue weighted by atomic mass is 32.1. The number of nitrogens with one attached hydrogen (secondary N) is 1. The van der Waals surface area contributed by atoms with Gasteiger partial charge in [-0.15, -0.1) is 11.3 Å². The van der Waals surface area contributed by atoms with Gasteiger partial charge in [0.05, 0.1) is 36.1 Å². The summed E-state index contributed by atoms with van der Waals surface area (Å²) >= 11 is 1.10. The number of fused-ring (bicyclic) bond motifs is 2.